The second-order valence-corrected chi connectivity index (χ2v) is 1.91. The Hall–Kier alpha value is 0.920. The monoisotopic (exact) mass is 201 g/mol. The van der Waals surface area contributed by atoms with E-state index in [1.165, 1.54) is 13.1 Å². The smallest absolute Gasteiger partial charge is 0.0230 e. The Kier molecular flexibility index (Phi) is 2.55. The van der Waals surface area contributed by atoms with E-state index in [0.29, 0.717) is 0 Å². The molecule has 3 heteroatoms. The van der Waals surface area contributed by atoms with Crippen LogP contribution < -0.4 is 0 Å². The van der Waals surface area contributed by atoms with Crippen molar-refractivity contribution in [3.8, 4) is 0 Å². The third kappa shape index (κ3) is 2.73. The first-order chi connectivity index (χ1) is 1.89. The predicted molar refractivity (Wildman–Crippen MR) is 30.8 cm³/mol. The van der Waals surface area contributed by atoms with Gasteiger partial charge in [-0.05, 0) is 0 Å². The van der Waals surface area contributed by atoms with Crippen LogP contribution in [0.4, 0.5) is 0 Å². The largest absolute Gasteiger partial charge is 0.240 e. The standard InChI is InChI=1S/C2H4BrN.BrH/c3-4-1-2-4;/h1-2H2;1H. The molecule has 0 N–H and O–H groups in total. The Bertz CT molecular complexity index is 26.8. The number of halogens is 2. The molecule has 1 nitrogen and oxygen atoms in total. The molecule has 0 aromatic rings. The number of hydrogen-bond donors (Lipinski definition) is 0. The van der Waals surface area contributed by atoms with E-state index in [0.717, 1.165) is 0 Å². The zero-order chi connectivity index (χ0) is 2.99. The fourth-order valence-corrected chi connectivity index (χ4v) is 0.196. The van der Waals surface area contributed by atoms with E-state index < -0.39 is 0 Å². The summed E-state index contributed by atoms with van der Waals surface area (Å²) < 4.78 is 2.06. The van der Waals surface area contributed by atoms with Gasteiger partial charge in [-0.1, -0.05) is 0 Å². The third-order valence-corrected chi connectivity index (χ3v) is 1.10. The normalized spacial score (nSPS) is 21.0. The first kappa shape index (κ1) is 5.92. The van der Waals surface area contributed by atoms with E-state index in [2.05, 4.69) is 20.1 Å². The lowest BCUT2D eigenvalue weighted by Crippen LogP contribution is -1.57. The summed E-state index contributed by atoms with van der Waals surface area (Å²) >= 11 is 3.22. The summed E-state index contributed by atoms with van der Waals surface area (Å²) in [6.07, 6.45) is 0. The van der Waals surface area contributed by atoms with Crippen molar-refractivity contribution < 1.29 is 0 Å². The molecule has 0 spiro atoms. The van der Waals surface area contributed by atoms with Gasteiger partial charge in [0.1, 0.15) is 0 Å². The molecule has 0 aliphatic carbocycles. The van der Waals surface area contributed by atoms with Crippen molar-refractivity contribution in [1.29, 1.82) is 0 Å². The molecule has 0 bridgehead atoms. The fourth-order valence-electron chi connectivity index (χ4n) is 0.0378. The molecule has 1 heterocycles. The molecule has 1 saturated heterocycles. The molecular formula is C2H5Br2N. The van der Waals surface area contributed by atoms with Crippen LogP contribution >= 0.6 is 33.1 Å². The highest BCUT2D eigenvalue weighted by atomic mass is 79.9. The van der Waals surface area contributed by atoms with Crippen LogP contribution in [0, 0.1) is 0 Å². The molecular weight excluding hydrogens is 198 g/mol. The molecule has 0 atom stereocenters. The van der Waals surface area contributed by atoms with Crippen LogP contribution in [0.5, 0.6) is 0 Å². The lowest BCUT2D eigenvalue weighted by molar-refractivity contribution is 0.989. The topological polar surface area (TPSA) is 3.01 Å². The van der Waals surface area contributed by atoms with Crippen LogP contribution in [-0.2, 0) is 0 Å². The maximum absolute atomic E-state index is 3.22. The lowest BCUT2D eigenvalue weighted by Gasteiger charge is -1.61. The quantitative estimate of drug-likeness (QED) is 0.422. The maximum Gasteiger partial charge on any atom is 0.0230 e. The molecule has 0 saturated carbocycles. The first-order valence-corrected chi connectivity index (χ1v) is 2.01. The SMILES string of the molecule is Br.BrN1CC1. The second kappa shape index (κ2) is 2.16. The Morgan fingerprint density at radius 1 is 1.40 bits per heavy atom. The van der Waals surface area contributed by atoms with E-state index >= 15 is 0 Å². The van der Waals surface area contributed by atoms with Crippen LogP contribution in [0.1, 0.15) is 0 Å². The molecule has 0 amide bonds. The van der Waals surface area contributed by atoms with Crippen LogP contribution in [0.25, 0.3) is 0 Å². The highest BCUT2D eigenvalue weighted by Gasteiger charge is 2.10. The molecule has 32 valence electrons. The van der Waals surface area contributed by atoms with Gasteiger partial charge in [0.15, 0.2) is 0 Å². The summed E-state index contributed by atoms with van der Waals surface area (Å²) in [5.74, 6) is 0. The molecule has 1 rings (SSSR count). The van der Waals surface area contributed by atoms with Crippen molar-refractivity contribution in [2.75, 3.05) is 13.1 Å². The first-order valence-electron chi connectivity index (χ1n) is 1.30. The van der Waals surface area contributed by atoms with Crippen LogP contribution in [-0.4, -0.2) is 17.0 Å². The average Bonchev–Trinajstić information content (AvgIpc) is 1.75. The van der Waals surface area contributed by atoms with E-state index in [9.17, 15) is 0 Å². The summed E-state index contributed by atoms with van der Waals surface area (Å²) in [5.41, 5.74) is 0. The van der Waals surface area contributed by atoms with E-state index in [1.807, 2.05) is 0 Å². The second-order valence-electron chi connectivity index (χ2n) is 0.910. The van der Waals surface area contributed by atoms with Crippen molar-refractivity contribution >= 4 is 33.1 Å². The fraction of sp³-hybridized carbons (Fsp3) is 1.00. The maximum atomic E-state index is 3.22. The summed E-state index contributed by atoms with van der Waals surface area (Å²) in [6, 6.07) is 0. The molecule has 1 aliphatic rings. The predicted octanol–water partition coefficient (Wildman–Crippen LogP) is 1.19. The molecule has 0 unspecified atom stereocenters. The van der Waals surface area contributed by atoms with Crippen molar-refractivity contribution in [3.63, 3.8) is 0 Å². The van der Waals surface area contributed by atoms with Gasteiger partial charge in [-0.2, -0.15) is 0 Å². The van der Waals surface area contributed by atoms with Crippen LogP contribution in [0.3, 0.4) is 0 Å². The minimum Gasteiger partial charge on any atom is -0.240 e. The molecule has 0 aromatic carbocycles. The summed E-state index contributed by atoms with van der Waals surface area (Å²) in [5, 5.41) is 0. The summed E-state index contributed by atoms with van der Waals surface area (Å²) in [6.45, 7) is 2.47. The van der Waals surface area contributed by atoms with E-state index in [4.69, 9.17) is 0 Å². The molecule has 0 aromatic heterocycles. The highest BCUT2D eigenvalue weighted by Crippen LogP contribution is 2.07. The van der Waals surface area contributed by atoms with Gasteiger partial charge in [0.2, 0.25) is 0 Å². The minimum absolute atomic E-state index is 0. The number of nitrogens with zero attached hydrogens (tertiary/aromatic N) is 1. The van der Waals surface area contributed by atoms with Crippen molar-refractivity contribution in [2.24, 2.45) is 0 Å². The van der Waals surface area contributed by atoms with Gasteiger partial charge in [0.05, 0.1) is 0 Å². The number of hydrogen-bond acceptors (Lipinski definition) is 1. The van der Waals surface area contributed by atoms with Gasteiger partial charge in [0, 0.05) is 29.2 Å². The molecule has 1 fully saturated rings. The average molecular weight is 203 g/mol. The van der Waals surface area contributed by atoms with Crippen molar-refractivity contribution in [3.05, 3.63) is 0 Å². The highest BCUT2D eigenvalue weighted by molar-refractivity contribution is 9.07. The molecule has 1 aliphatic heterocycles. The Morgan fingerprint density at radius 3 is 1.60 bits per heavy atom. The van der Waals surface area contributed by atoms with Crippen molar-refractivity contribution in [2.45, 2.75) is 0 Å². The lowest BCUT2D eigenvalue weighted by atomic mass is 11.0. The van der Waals surface area contributed by atoms with Crippen LogP contribution in [0.15, 0.2) is 0 Å². The zero-order valence-electron chi connectivity index (χ0n) is 2.65. The number of rotatable bonds is 0. The Morgan fingerprint density at radius 2 is 1.60 bits per heavy atom. The summed E-state index contributed by atoms with van der Waals surface area (Å²) in [4.78, 5) is 0. The third-order valence-electron chi connectivity index (χ3n) is 0.393. The van der Waals surface area contributed by atoms with Gasteiger partial charge in [0.25, 0.3) is 0 Å². The van der Waals surface area contributed by atoms with Gasteiger partial charge >= 0.3 is 0 Å². The Labute approximate surface area is 50.4 Å². The van der Waals surface area contributed by atoms with E-state index in [-0.39, 0.29) is 17.0 Å². The van der Waals surface area contributed by atoms with Crippen molar-refractivity contribution in [1.82, 2.24) is 3.93 Å². The van der Waals surface area contributed by atoms with E-state index in [1.54, 1.807) is 0 Å². The Balaban J connectivity index is 0.000000160. The van der Waals surface area contributed by atoms with Gasteiger partial charge in [-0.15, -0.1) is 17.0 Å². The van der Waals surface area contributed by atoms with Crippen LogP contribution in [0.2, 0.25) is 0 Å². The van der Waals surface area contributed by atoms with Gasteiger partial charge < -0.3 is 0 Å². The molecule has 5 heavy (non-hydrogen) atoms. The minimum atomic E-state index is 0. The van der Waals surface area contributed by atoms with Gasteiger partial charge in [-0.25, -0.2) is 3.93 Å². The van der Waals surface area contributed by atoms with Gasteiger partial charge in [-0.3, -0.25) is 0 Å². The molecule has 0 radical (unpaired) electrons. The zero-order valence-corrected chi connectivity index (χ0v) is 5.95. The summed E-state index contributed by atoms with van der Waals surface area (Å²) in [7, 11) is 0.